The van der Waals surface area contributed by atoms with Gasteiger partial charge in [0.2, 0.25) is 10.0 Å². The second-order valence-corrected chi connectivity index (χ2v) is 7.86. The Kier molecular flexibility index (Phi) is 4.43. The lowest BCUT2D eigenvalue weighted by atomic mass is 9.80. The van der Waals surface area contributed by atoms with Crippen molar-refractivity contribution < 1.29 is 13.2 Å². The van der Waals surface area contributed by atoms with Gasteiger partial charge in [-0.1, -0.05) is 19.3 Å². The van der Waals surface area contributed by atoms with E-state index in [4.69, 9.17) is 0 Å². The van der Waals surface area contributed by atoms with Crippen molar-refractivity contribution in [2.45, 2.75) is 44.9 Å². The van der Waals surface area contributed by atoms with Crippen molar-refractivity contribution >= 4 is 15.8 Å². The molecule has 2 rings (SSSR count). The predicted molar refractivity (Wildman–Crippen MR) is 70.7 cm³/mol. The summed E-state index contributed by atoms with van der Waals surface area (Å²) in [4.78, 5) is 11.9. The van der Waals surface area contributed by atoms with Gasteiger partial charge in [0.1, 0.15) is 5.78 Å². The predicted octanol–water partition coefficient (Wildman–Crippen LogP) is 1.81. The van der Waals surface area contributed by atoms with E-state index in [1.54, 1.807) is 0 Å². The van der Waals surface area contributed by atoms with Crippen molar-refractivity contribution in [2.24, 2.45) is 11.8 Å². The molecule has 1 unspecified atom stereocenters. The fraction of sp³-hybridized carbons (Fsp3) is 0.923. The molecule has 0 spiro atoms. The molecule has 104 valence electrons. The van der Waals surface area contributed by atoms with Gasteiger partial charge in [-0.15, -0.1) is 0 Å². The first kappa shape index (κ1) is 14.0. The molecule has 1 saturated heterocycles. The first-order valence-electron chi connectivity index (χ1n) is 6.92. The Morgan fingerprint density at radius 2 is 1.72 bits per heavy atom. The summed E-state index contributed by atoms with van der Waals surface area (Å²) in [5, 5.41) is 0. The first-order chi connectivity index (χ1) is 8.45. The van der Waals surface area contributed by atoms with Crippen molar-refractivity contribution in [3.63, 3.8) is 0 Å². The Morgan fingerprint density at radius 3 is 2.28 bits per heavy atom. The van der Waals surface area contributed by atoms with Crippen LogP contribution < -0.4 is 0 Å². The van der Waals surface area contributed by atoms with Gasteiger partial charge in [-0.3, -0.25) is 4.79 Å². The number of ketones is 1. The summed E-state index contributed by atoms with van der Waals surface area (Å²) in [5.41, 5.74) is 0. The van der Waals surface area contributed by atoms with Crippen molar-refractivity contribution in [3.8, 4) is 0 Å². The molecule has 2 aliphatic rings. The van der Waals surface area contributed by atoms with Crippen LogP contribution in [0.3, 0.4) is 0 Å². The molecule has 0 bridgehead atoms. The number of hydrogen-bond acceptors (Lipinski definition) is 3. The third-order valence-corrected chi connectivity index (χ3v) is 5.48. The molecule has 0 aromatic heterocycles. The molecule has 5 heteroatoms. The van der Waals surface area contributed by atoms with Gasteiger partial charge in [0.25, 0.3) is 0 Å². The van der Waals surface area contributed by atoms with Gasteiger partial charge in [-0.2, -0.15) is 0 Å². The minimum atomic E-state index is -3.09. The Morgan fingerprint density at radius 1 is 1.11 bits per heavy atom. The summed E-state index contributed by atoms with van der Waals surface area (Å²) in [6.45, 7) is 1.15. The number of carbonyl (C=O) groups excluding carboxylic acids is 1. The largest absolute Gasteiger partial charge is 0.300 e. The fourth-order valence-corrected chi connectivity index (χ4v) is 3.86. The minimum Gasteiger partial charge on any atom is -0.300 e. The molecule has 0 amide bonds. The molecule has 1 aliphatic carbocycles. The second kappa shape index (κ2) is 5.70. The molecule has 0 N–H and O–H groups in total. The van der Waals surface area contributed by atoms with E-state index in [9.17, 15) is 13.2 Å². The normalized spacial score (nSPS) is 26.8. The standard InChI is InChI=1S/C13H23NO3S/c1-18(16,17)14-7-3-6-12(10-14)9-13(15)8-11-4-2-5-11/h11-12H,2-10H2,1H3. The molecule has 4 nitrogen and oxygen atoms in total. The van der Waals surface area contributed by atoms with Crippen LogP contribution in [0.4, 0.5) is 0 Å². The summed E-state index contributed by atoms with van der Waals surface area (Å²) in [6.07, 6.45) is 8.08. The molecule has 2 fully saturated rings. The van der Waals surface area contributed by atoms with Gasteiger partial charge < -0.3 is 0 Å². The van der Waals surface area contributed by atoms with E-state index in [1.165, 1.54) is 29.8 Å². The van der Waals surface area contributed by atoms with Crippen LogP contribution in [0.2, 0.25) is 0 Å². The van der Waals surface area contributed by atoms with E-state index in [1.807, 2.05) is 0 Å². The van der Waals surface area contributed by atoms with E-state index in [0.717, 1.165) is 19.3 Å². The quantitative estimate of drug-likeness (QED) is 0.767. The Bertz CT molecular complexity index is 400. The third-order valence-electron chi connectivity index (χ3n) is 4.21. The first-order valence-corrected chi connectivity index (χ1v) is 8.77. The fourth-order valence-electron chi connectivity index (χ4n) is 2.92. The highest BCUT2D eigenvalue weighted by Gasteiger charge is 2.28. The molecular formula is C13H23NO3S. The van der Waals surface area contributed by atoms with Crippen LogP contribution in [0.15, 0.2) is 0 Å². The zero-order chi connectivity index (χ0) is 13.2. The maximum atomic E-state index is 11.9. The molecule has 1 aliphatic heterocycles. The van der Waals surface area contributed by atoms with E-state index in [0.29, 0.717) is 31.2 Å². The van der Waals surface area contributed by atoms with Crippen LogP contribution in [0, 0.1) is 11.8 Å². The van der Waals surface area contributed by atoms with Crippen LogP contribution in [-0.4, -0.2) is 37.9 Å². The molecule has 0 aromatic carbocycles. The van der Waals surface area contributed by atoms with Gasteiger partial charge in [0.05, 0.1) is 6.26 Å². The number of sulfonamides is 1. The summed E-state index contributed by atoms with van der Waals surface area (Å²) in [5.74, 6) is 1.19. The summed E-state index contributed by atoms with van der Waals surface area (Å²) >= 11 is 0. The number of nitrogens with zero attached hydrogens (tertiary/aromatic N) is 1. The van der Waals surface area contributed by atoms with Crippen LogP contribution in [0.5, 0.6) is 0 Å². The van der Waals surface area contributed by atoms with Crippen LogP contribution in [0.25, 0.3) is 0 Å². The number of rotatable bonds is 5. The third kappa shape index (κ3) is 3.79. The summed E-state index contributed by atoms with van der Waals surface area (Å²) < 4.78 is 24.5. The molecule has 18 heavy (non-hydrogen) atoms. The molecule has 0 radical (unpaired) electrons. The molecule has 1 atom stereocenters. The van der Waals surface area contributed by atoms with Gasteiger partial charge in [-0.05, 0) is 24.7 Å². The van der Waals surface area contributed by atoms with E-state index in [2.05, 4.69) is 0 Å². The molecular weight excluding hydrogens is 250 g/mol. The molecule has 0 aromatic rings. The van der Waals surface area contributed by atoms with Gasteiger partial charge in [0.15, 0.2) is 0 Å². The van der Waals surface area contributed by atoms with Gasteiger partial charge in [-0.25, -0.2) is 12.7 Å². The van der Waals surface area contributed by atoms with Crippen molar-refractivity contribution in [2.75, 3.05) is 19.3 Å². The van der Waals surface area contributed by atoms with Crippen LogP contribution >= 0.6 is 0 Å². The SMILES string of the molecule is CS(=O)(=O)N1CCCC(CC(=O)CC2CCC2)C1. The van der Waals surface area contributed by atoms with E-state index >= 15 is 0 Å². The molecule has 1 saturated carbocycles. The van der Waals surface area contributed by atoms with Crippen molar-refractivity contribution in [1.82, 2.24) is 4.31 Å². The van der Waals surface area contributed by atoms with Crippen LogP contribution in [0.1, 0.15) is 44.9 Å². The smallest absolute Gasteiger partial charge is 0.211 e. The van der Waals surface area contributed by atoms with Crippen molar-refractivity contribution in [1.29, 1.82) is 0 Å². The lowest BCUT2D eigenvalue weighted by Crippen LogP contribution is -2.39. The highest BCUT2D eigenvalue weighted by atomic mass is 32.2. The number of piperidine rings is 1. The monoisotopic (exact) mass is 273 g/mol. The van der Waals surface area contributed by atoms with E-state index in [-0.39, 0.29) is 5.92 Å². The Balaban J connectivity index is 1.79. The number of Topliss-reactive ketones (excluding diaryl/α,β-unsaturated/α-hetero) is 1. The molecule has 1 heterocycles. The zero-order valence-electron chi connectivity index (χ0n) is 11.1. The maximum Gasteiger partial charge on any atom is 0.211 e. The Hall–Kier alpha value is -0.420. The van der Waals surface area contributed by atoms with Gasteiger partial charge >= 0.3 is 0 Å². The highest BCUT2D eigenvalue weighted by molar-refractivity contribution is 7.88. The second-order valence-electron chi connectivity index (χ2n) is 5.87. The zero-order valence-corrected chi connectivity index (χ0v) is 11.9. The van der Waals surface area contributed by atoms with Gasteiger partial charge in [0, 0.05) is 25.9 Å². The van der Waals surface area contributed by atoms with E-state index < -0.39 is 10.0 Å². The minimum absolute atomic E-state index is 0.237. The maximum absolute atomic E-state index is 11.9. The lowest BCUT2D eigenvalue weighted by molar-refractivity contribution is -0.121. The average molecular weight is 273 g/mol. The Labute approximate surface area is 110 Å². The summed E-state index contributed by atoms with van der Waals surface area (Å²) in [6, 6.07) is 0. The average Bonchev–Trinajstić information content (AvgIpc) is 2.23. The lowest BCUT2D eigenvalue weighted by Gasteiger charge is -2.31. The number of hydrogen-bond donors (Lipinski definition) is 0. The highest BCUT2D eigenvalue weighted by Crippen LogP contribution is 2.31. The van der Waals surface area contributed by atoms with Crippen molar-refractivity contribution in [3.05, 3.63) is 0 Å². The number of carbonyl (C=O) groups is 1. The summed E-state index contributed by atoms with van der Waals surface area (Å²) in [7, 11) is -3.09. The van der Waals surface area contributed by atoms with Crippen LogP contribution in [-0.2, 0) is 14.8 Å². The topological polar surface area (TPSA) is 54.5 Å².